The van der Waals surface area contributed by atoms with Gasteiger partial charge in [0.2, 0.25) is 0 Å². The Labute approximate surface area is 130 Å². The highest BCUT2D eigenvalue weighted by atomic mass is 16.1. The lowest BCUT2D eigenvalue weighted by molar-refractivity contribution is -0.128. The lowest BCUT2D eigenvalue weighted by atomic mass is 9.75. The zero-order valence-corrected chi connectivity index (χ0v) is 12.9. The average molecular weight is 295 g/mol. The van der Waals surface area contributed by atoms with Gasteiger partial charge in [0, 0.05) is 11.6 Å². The van der Waals surface area contributed by atoms with Crippen LogP contribution in [0, 0.1) is 5.41 Å². The Morgan fingerprint density at radius 2 is 1.86 bits per heavy atom. The van der Waals surface area contributed by atoms with Crippen molar-refractivity contribution in [1.29, 1.82) is 0 Å². The molecule has 22 heavy (non-hydrogen) atoms. The fraction of sp³-hybridized carbons (Fsp3) is 0.389. The Hall–Kier alpha value is -2.23. The SMILES string of the molecule is CC1(C(=O)N=c2ccn(-c3ccccc3)nc2)CCCCC1. The minimum atomic E-state index is -0.288. The van der Waals surface area contributed by atoms with E-state index in [1.54, 1.807) is 10.9 Å². The van der Waals surface area contributed by atoms with Crippen molar-refractivity contribution in [3.63, 3.8) is 0 Å². The van der Waals surface area contributed by atoms with Gasteiger partial charge in [-0.3, -0.25) is 4.79 Å². The molecule has 1 aliphatic carbocycles. The van der Waals surface area contributed by atoms with Crippen LogP contribution in [-0.4, -0.2) is 15.7 Å². The molecule has 0 N–H and O–H groups in total. The highest BCUT2D eigenvalue weighted by Crippen LogP contribution is 2.36. The summed E-state index contributed by atoms with van der Waals surface area (Å²) in [5.74, 6) is -0.00791. The van der Waals surface area contributed by atoms with Crippen molar-refractivity contribution in [3.05, 3.63) is 54.1 Å². The van der Waals surface area contributed by atoms with Gasteiger partial charge < -0.3 is 0 Å². The first-order valence-electron chi connectivity index (χ1n) is 7.87. The lowest BCUT2D eigenvalue weighted by Gasteiger charge is -2.29. The lowest BCUT2D eigenvalue weighted by Crippen LogP contribution is -2.30. The number of para-hydroxylation sites is 1. The van der Waals surface area contributed by atoms with Crippen molar-refractivity contribution in [2.24, 2.45) is 10.4 Å². The van der Waals surface area contributed by atoms with Gasteiger partial charge in [0.1, 0.15) is 0 Å². The van der Waals surface area contributed by atoms with E-state index in [2.05, 4.69) is 10.1 Å². The summed E-state index contributed by atoms with van der Waals surface area (Å²) in [7, 11) is 0. The number of carbonyl (C=O) groups is 1. The van der Waals surface area contributed by atoms with Gasteiger partial charge >= 0.3 is 0 Å². The molecule has 1 aliphatic rings. The Balaban J connectivity index is 1.82. The van der Waals surface area contributed by atoms with Crippen molar-refractivity contribution >= 4 is 5.91 Å². The zero-order chi connectivity index (χ0) is 15.4. The second-order valence-corrected chi connectivity index (χ2v) is 6.20. The number of hydrogen-bond donors (Lipinski definition) is 0. The quantitative estimate of drug-likeness (QED) is 0.853. The van der Waals surface area contributed by atoms with E-state index in [9.17, 15) is 4.79 Å². The van der Waals surface area contributed by atoms with Crippen LogP contribution in [0.3, 0.4) is 0 Å². The zero-order valence-electron chi connectivity index (χ0n) is 12.9. The van der Waals surface area contributed by atoms with Crippen LogP contribution in [0.15, 0.2) is 53.8 Å². The maximum absolute atomic E-state index is 12.4. The molecule has 1 aromatic carbocycles. The summed E-state index contributed by atoms with van der Waals surface area (Å²) in [6.45, 7) is 2.04. The molecule has 1 saturated carbocycles. The number of aromatic nitrogens is 2. The molecule has 4 nitrogen and oxygen atoms in total. The van der Waals surface area contributed by atoms with Crippen LogP contribution in [0.1, 0.15) is 39.0 Å². The standard InChI is InChI=1S/C18H21N3O/c1-18(11-6-3-7-12-18)17(22)20-15-10-13-21(19-14-15)16-8-4-2-5-9-16/h2,4-5,8-10,13-14H,3,6-7,11-12H2,1H3. The normalized spacial score (nSPS) is 18.1. The van der Waals surface area contributed by atoms with Gasteiger partial charge in [-0.25, -0.2) is 9.67 Å². The van der Waals surface area contributed by atoms with Gasteiger partial charge in [-0.1, -0.05) is 44.4 Å². The van der Waals surface area contributed by atoms with E-state index in [1.165, 1.54) is 6.42 Å². The smallest absolute Gasteiger partial charge is 0.252 e. The molecule has 0 atom stereocenters. The minimum Gasteiger partial charge on any atom is -0.272 e. The summed E-state index contributed by atoms with van der Waals surface area (Å²) >= 11 is 0. The molecule has 0 unspecified atom stereocenters. The predicted molar refractivity (Wildman–Crippen MR) is 85.3 cm³/mol. The van der Waals surface area contributed by atoms with Gasteiger partial charge in [-0.05, 0) is 31.0 Å². The average Bonchev–Trinajstić information content (AvgIpc) is 2.57. The van der Waals surface area contributed by atoms with Gasteiger partial charge in [0.25, 0.3) is 5.91 Å². The maximum atomic E-state index is 12.4. The van der Waals surface area contributed by atoms with Crippen LogP contribution in [0.25, 0.3) is 5.69 Å². The van der Waals surface area contributed by atoms with E-state index < -0.39 is 0 Å². The molecule has 0 aliphatic heterocycles. The third-order valence-corrected chi connectivity index (χ3v) is 4.43. The third-order valence-electron chi connectivity index (χ3n) is 4.43. The summed E-state index contributed by atoms with van der Waals surface area (Å²) in [5.41, 5.74) is 0.698. The molecule has 3 rings (SSSR count). The van der Waals surface area contributed by atoms with E-state index in [1.807, 2.05) is 49.5 Å². The Morgan fingerprint density at radius 3 is 2.50 bits per heavy atom. The second-order valence-electron chi connectivity index (χ2n) is 6.20. The number of hydrogen-bond acceptors (Lipinski definition) is 2. The van der Waals surface area contributed by atoms with Gasteiger partial charge in [0.15, 0.2) is 0 Å². The number of benzene rings is 1. The summed E-state index contributed by atoms with van der Waals surface area (Å²) in [5, 5.41) is 4.97. The van der Waals surface area contributed by atoms with Crippen LogP contribution in [-0.2, 0) is 4.79 Å². The van der Waals surface area contributed by atoms with Crippen LogP contribution >= 0.6 is 0 Å². The number of nitrogens with zero attached hydrogens (tertiary/aromatic N) is 3. The molecule has 4 heteroatoms. The first-order valence-corrected chi connectivity index (χ1v) is 7.87. The topological polar surface area (TPSA) is 47.2 Å². The van der Waals surface area contributed by atoms with E-state index in [0.717, 1.165) is 31.4 Å². The highest BCUT2D eigenvalue weighted by Gasteiger charge is 2.34. The first kappa shape index (κ1) is 14.7. The van der Waals surface area contributed by atoms with Crippen molar-refractivity contribution in [1.82, 2.24) is 9.78 Å². The summed E-state index contributed by atoms with van der Waals surface area (Å²) < 4.78 is 1.77. The molecule has 2 aromatic rings. The molecular formula is C18H21N3O. The maximum Gasteiger partial charge on any atom is 0.252 e. The largest absolute Gasteiger partial charge is 0.272 e. The number of amides is 1. The van der Waals surface area contributed by atoms with Crippen molar-refractivity contribution in [2.75, 3.05) is 0 Å². The molecular weight excluding hydrogens is 274 g/mol. The molecule has 114 valence electrons. The molecule has 0 spiro atoms. The molecule has 1 amide bonds. The molecule has 0 saturated heterocycles. The molecule has 1 fully saturated rings. The summed E-state index contributed by atoms with van der Waals surface area (Å²) in [6.07, 6.45) is 8.85. The van der Waals surface area contributed by atoms with Crippen molar-refractivity contribution in [2.45, 2.75) is 39.0 Å². The van der Waals surface area contributed by atoms with E-state index >= 15 is 0 Å². The third kappa shape index (κ3) is 3.16. The van der Waals surface area contributed by atoms with E-state index in [4.69, 9.17) is 0 Å². The van der Waals surface area contributed by atoms with Gasteiger partial charge in [0.05, 0.1) is 17.2 Å². The second kappa shape index (κ2) is 6.26. The van der Waals surface area contributed by atoms with Crippen LogP contribution in [0.4, 0.5) is 0 Å². The van der Waals surface area contributed by atoms with Gasteiger partial charge in [-0.15, -0.1) is 0 Å². The minimum absolute atomic E-state index is 0.00791. The predicted octanol–water partition coefficient (Wildman–Crippen LogP) is 3.27. The first-order chi connectivity index (χ1) is 10.7. The fourth-order valence-electron chi connectivity index (χ4n) is 2.95. The molecule has 1 aromatic heterocycles. The molecule has 1 heterocycles. The van der Waals surface area contributed by atoms with Gasteiger partial charge in [-0.2, -0.15) is 5.10 Å². The summed E-state index contributed by atoms with van der Waals surface area (Å²) in [6, 6.07) is 11.7. The number of carbonyl (C=O) groups excluding carboxylic acids is 1. The molecule has 0 bridgehead atoms. The highest BCUT2D eigenvalue weighted by molar-refractivity contribution is 5.83. The fourth-order valence-corrected chi connectivity index (χ4v) is 2.95. The number of rotatable bonds is 2. The van der Waals surface area contributed by atoms with Crippen molar-refractivity contribution < 1.29 is 4.79 Å². The summed E-state index contributed by atoms with van der Waals surface area (Å²) in [4.78, 5) is 16.7. The van der Waals surface area contributed by atoms with Crippen LogP contribution in [0.5, 0.6) is 0 Å². The Kier molecular flexibility index (Phi) is 4.18. The molecule has 0 radical (unpaired) electrons. The Morgan fingerprint density at radius 1 is 1.14 bits per heavy atom. The van der Waals surface area contributed by atoms with Crippen molar-refractivity contribution in [3.8, 4) is 5.69 Å². The van der Waals surface area contributed by atoms with E-state index in [-0.39, 0.29) is 11.3 Å². The Bertz CT molecular complexity index is 692. The van der Waals surface area contributed by atoms with E-state index in [0.29, 0.717) is 5.36 Å². The van der Waals surface area contributed by atoms with Crippen LogP contribution < -0.4 is 5.36 Å². The van der Waals surface area contributed by atoms with Crippen LogP contribution in [0.2, 0.25) is 0 Å². The monoisotopic (exact) mass is 295 g/mol.